The molecule has 0 fully saturated rings. The van der Waals surface area contributed by atoms with Crippen LogP contribution in [-0.2, 0) is 0 Å². The summed E-state index contributed by atoms with van der Waals surface area (Å²) in [5, 5.41) is 8.49. The molecule has 4 rings (SSSR count). The van der Waals surface area contributed by atoms with Crippen LogP contribution in [0.1, 0.15) is 58.0 Å². The molecule has 1 aliphatic heterocycles. The van der Waals surface area contributed by atoms with Crippen LogP contribution in [-0.4, -0.2) is 39.9 Å². The fourth-order valence-corrected chi connectivity index (χ4v) is 4.48. The largest absolute Gasteiger partial charge is 0.494 e. The first-order chi connectivity index (χ1) is 17.0. The van der Waals surface area contributed by atoms with Crippen LogP contribution in [0.15, 0.2) is 58.8 Å². The van der Waals surface area contributed by atoms with Gasteiger partial charge in [-0.2, -0.15) is 4.98 Å². The van der Waals surface area contributed by atoms with E-state index in [4.69, 9.17) is 31.2 Å². The van der Waals surface area contributed by atoms with Crippen LogP contribution in [0, 0.1) is 0 Å². The summed E-state index contributed by atoms with van der Waals surface area (Å²) >= 11 is 5.76. The quantitative estimate of drug-likeness (QED) is 0.346. The van der Waals surface area contributed by atoms with Crippen molar-refractivity contribution in [2.75, 3.05) is 19.8 Å². The van der Waals surface area contributed by atoms with Gasteiger partial charge in [-0.25, -0.2) is 0 Å². The fraction of sp³-hybridized carbons (Fsp3) is 0.370. The average molecular weight is 493 g/mol. The predicted octanol–water partition coefficient (Wildman–Crippen LogP) is 6.00. The molecule has 0 bridgehead atoms. The SMILES string of the molecule is CCCCN1C(=S)NC(c2ccc(OCC)cc2)C(c2nc(-c3ccc(OCC)cc3)no2)=C1C. The minimum atomic E-state index is -0.218. The zero-order valence-corrected chi connectivity index (χ0v) is 21.5. The smallest absolute Gasteiger partial charge is 0.258 e. The maximum Gasteiger partial charge on any atom is 0.258 e. The topological polar surface area (TPSA) is 72.7 Å². The van der Waals surface area contributed by atoms with E-state index in [2.05, 4.69) is 29.2 Å². The summed E-state index contributed by atoms with van der Waals surface area (Å²) in [4.78, 5) is 6.91. The number of nitrogens with one attached hydrogen (secondary N) is 1. The molecular weight excluding hydrogens is 460 g/mol. The highest BCUT2D eigenvalue weighted by Crippen LogP contribution is 2.38. The van der Waals surface area contributed by atoms with E-state index in [1.54, 1.807) is 0 Å². The Hall–Kier alpha value is -3.39. The third-order valence-electron chi connectivity index (χ3n) is 5.94. The number of nitrogens with zero attached hydrogens (tertiary/aromatic N) is 3. The molecule has 1 atom stereocenters. The third kappa shape index (κ3) is 5.48. The van der Waals surface area contributed by atoms with Crippen LogP contribution >= 0.6 is 12.2 Å². The predicted molar refractivity (Wildman–Crippen MR) is 141 cm³/mol. The first-order valence-corrected chi connectivity index (χ1v) is 12.5. The Bertz CT molecular complexity index is 1170. The second-order valence-electron chi connectivity index (χ2n) is 8.27. The van der Waals surface area contributed by atoms with E-state index in [0.29, 0.717) is 30.0 Å². The van der Waals surface area contributed by atoms with Gasteiger partial charge in [-0.05, 0) is 81.4 Å². The van der Waals surface area contributed by atoms with Crippen molar-refractivity contribution >= 4 is 22.9 Å². The van der Waals surface area contributed by atoms with Gasteiger partial charge >= 0.3 is 0 Å². The van der Waals surface area contributed by atoms with Crippen LogP contribution < -0.4 is 14.8 Å². The Morgan fingerprint density at radius 2 is 1.60 bits per heavy atom. The number of benzene rings is 2. The molecule has 3 aromatic rings. The molecule has 2 aromatic carbocycles. The highest BCUT2D eigenvalue weighted by Gasteiger charge is 2.33. The van der Waals surface area contributed by atoms with E-state index in [1.807, 2.05) is 62.4 Å². The van der Waals surface area contributed by atoms with Gasteiger partial charge in [-0.1, -0.05) is 30.6 Å². The van der Waals surface area contributed by atoms with Crippen LogP contribution in [0.4, 0.5) is 0 Å². The Balaban J connectivity index is 1.72. The molecule has 0 radical (unpaired) electrons. The Morgan fingerprint density at radius 3 is 2.20 bits per heavy atom. The highest BCUT2D eigenvalue weighted by molar-refractivity contribution is 7.80. The summed E-state index contributed by atoms with van der Waals surface area (Å²) in [6.07, 6.45) is 2.11. The molecule has 1 N–H and O–H groups in total. The third-order valence-corrected chi connectivity index (χ3v) is 6.27. The monoisotopic (exact) mass is 492 g/mol. The molecular formula is C27H32N4O3S. The van der Waals surface area contributed by atoms with Gasteiger partial charge in [-0.15, -0.1) is 0 Å². The van der Waals surface area contributed by atoms with Gasteiger partial charge in [0.2, 0.25) is 5.82 Å². The first-order valence-electron chi connectivity index (χ1n) is 12.1. The fourth-order valence-electron chi connectivity index (χ4n) is 4.13. The van der Waals surface area contributed by atoms with Crippen molar-refractivity contribution < 1.29 is 14.0 Å². The van der Waals surface area contributed by atoms with Crippen LogP contribution in [0.5, 0.6) is 11.5 Å². The number of hydrogen-bond acceptors (Lipinski definition) is 6. The van der Waals surface area contributed by atoms with Gasteiger partial charge in [0.25, 0.3) is 5.89 Å². The van der Waals surface area contributed by atoms with E-state index >= 15 is 0 Å². The van der Waals surface area contributed by atoms with E-state index in [0.717, 1.165) is 53.3 Å². The van der Waals surface area contributed by atoms with Crippen molar-refractivity contribution in [3.8, 4) is 22.9 Å². The Morgan fingerprint density at radius 1 is 0.971 bits per heavy atom. The van der Waals surface area contributed by atoms with Crippen LogP contribution in [0.2, 0.25) is 0 Å². The van der Waals surface area contributed by atoms with Crippen molar-refractivity contribution in [1.82, 2.24) is 20.4 Å². The van der Waals surface area contributed by atoms with Crippen LogP contribution in [0.3, 0.4) is 0 Å². The van der Waals surface area contributed by atoms with Gasteiger partial charge < -0.3 is 24.2 Å². The van der Waals surface area contributed by atoms with Crippen molar-refractivity contribution in [3.63, 3.8) is 0 Å². The van der Waals surface area contributed by atoms with E-state index < -0.39 is 0 Å². The molecule has 35 heavy (non-hydrogen) atoms. The minimum absolute atomic E-state index is 0.218. The maximum atomic E-state index is 5.82. The van der Waals surface area contributed by atoms with E-state index in [-0.39, 0.29) is 6.04 Å². The standard InChI is InChI=1S/C27H32N4O3S/c1-5-8-17-31-18(4)23(24(28-27(31)35)19-9-13-21(14-10-19)32-6-2)26-29-25(30-34-26)20-11-15-22(16-12-20)33-7-3/h9-16,24H,5-8,17H2,1-4H3,(H,28,35). The zero-order valence-electron chi connectivity index (χ0n) is 20.7. The summed E-state index contributed by atoms with van der Waals surface area (Å²) in [6, 6.07) is 15.5. The lowest BCUT2D eigenvalue weighted by Crippen LogP contribution is -2.46. The molecule has 0 saturated heterocycles. The molecule has 1 aliphatic rings. The lowest BCUT2D eigenvalue weighted by atomic mass is 9.94. The first kappa shape index (κ1) is 24.7. The second-order valence-corrected chi connectivity index (χ2v) is 8.66. The lowest BCUT2D eigenvalue weighted by Gasteiger charge is -2.37. The minimum Gasteiger partial charge on any atom is -0.494 e. The molecule has 1 unspecified atom stereocenters. The van der Waals surface area contributed by atoms with Gasteiger partial charge in [0.1, 0.15) is 11.5 Å². The van der Waals surface area contributed by atoms with Crippen molar-refractivity contribution in [1.29, 1.82) is 0 Å². The average Bonchev–Trinajstić information content (AvgIpc) is 3.35. The van der Waals surface area contributed by atoms with Gasteiger partial charge in [0.15, 0.2) is 5.11 Å². The normalized spacial score (nSPS) is 15.8. The van der Waals surface area contributed by atoms with E-state index in [9.17, 15) is 0 Å². The zero-order chi connectivity index (χ0) is 24.8. The van der Waals surface area contributed by atoms with E-state index in [1.165, 1.54) is 0 Å². The summed E-state index contributed by atoms with van der Waals surface area (Å²) < 4.78 is 17.0. The molecule has 0 spiro atoms. The molecule has 0 saturated carbocycles. The van der Waals surface area contributed by atoms with Gasteiger partial charge in [-0.3, -0.25) is 0 Å². The van der Waals surface area contributed by atoms with Crippen molar-refractivity contribution in [2.24, 2.45) is 0 Å². The number of hydrogen-bond donors (Lipinski definition) is 1. The lowest BCUT2D eigenvalue weighted by molar-refractivity contribution is 0.340. The number of ether oxygens (including phenoxy) is 2. The Labute approximate surface area is 212 Å². The molecule has 2 heterocycles. The van der Waals surface area contributed by atoms with Gasteiger partial charge in [0, 0.05) is 17.8 Å². The molecule has 1 aromatic heterocycles. The van der Waals surface area contributed by atoms with Crippen molar-refractivity contribution in [3.05, 3.63) is 65.7 Å². The summed E-state index contributed by atoms with van der Waals surface area (Å²) in [5.74, 6) is 2.64. The summed E-state index contributed by atoms with van der Waals surface area (Å²) in [5.41, 5.74) is 3.84. The van der Waals surface area contributed by atoms with Gasteiger partial charge in [0.05, 0.1) is 24.8 Å². The second kappa shape index (κ2) is 11.4. The summed E-state index contributed by atoms with van der Waals surface area (Å²) in [7, 11) is 0. The molecule has 8 heteroatoms. The number of unbranched alkanes of at least 4 members (excludes halogenated alkanes) is 1. The van der Waals surface area contributed by atoms with Crippen molar-refractivity contribution in [2.45, 2.75) is 46.6 Å². The highest BCUT2D eigenvalue weighted by atomic mass is 32.1. The number of thiocarbonyl (C=S) groups is 1. The van der Waals surface area contributed by atoms with Crippen LogP contribution in [0.25, 0.3) is 17.0 Å². The molecule has 184 valence electrons. The number of rotatable bonds is 10. The molecule has 0 amide bonds. The maximum absolute atomic E-state index is 5.82. The number of aromatic nitrogens is 2. The molecule has 7 nitrogen and oxygen atoms in total. The Kier molecular flexibility index (Phi) is 8.02. The summed E-state index contributed by atoms with van der Waals surface area (Å²) in [6.45, 7) is 10.2. The molecule has 0 aliphatic carbocycles. The number of allylic oxidation sites excluding steroid dienone is 1.